The van der Waals surface area contributed by atoms with Crippen molar-refractivity contribution in [1.82, 2.24) is 9.55 Å². The Bertz CT molecular complexity index is 749. The van der Waals surface area contributed by atoms with Gasteiger partial charge < -0.3 is 0 Å². The van der Waals surface area contributed by atoms with Crippen LogP contribution in [0.5, 0.6) is 0 Å². The summed E-state index contributed by atoms with van der Waals surface area (Å²) in [6.07, 6.45) is 4.11. The van der Waals surface area contributed by atoms with Crippen molar-refractivity contribution in [2.45, 2.75) is 11.8 Å². The van der Waals surface area contributed by atoms with Gasteiger partial charge in [0.05, 0.1) is 9.82 Å². The molecule has 19 heavy (non-hydrogen) atoms. The molecule has 100 valence electrons. The molecule has 0 radical (unpaired) electrons. The Morgan fingerprint density at radius 3 is 2.53 bits per heavy atom. The lowest BCUT2D eigenvalue weighted by Crippen LogP contribution is -2.04. The van der Waals surface area contributed by atoms with Crippen LogP contribution >= 0.6 is 0 Å². The van der Waals surface area contributed by atoms with Gasteiger partial charge in [0.15, 0.2) is 9.84 Å². The standard InChI is InChI=1S/C11H11N3O4S/c1-8-12-5-6-13(8)10-4-3-9(19(2,17)18)7-11(10)14(15)16/h3-7H,1-2H3. The third-order valence-electron chi connectivity index (χ3n) is 2.66. The van der Waals surface area contributed by atoms with Crippen LogP contribution in [0.15, 0.2) is 35.5 Å². The molecule has 0 aliphatic heterocycles. The Hall–Kier alpha value is -2.22. The van der Waals surface area contributed by atoms with E-state index in [1.54, 1.807) is 13.1 Å². The maximum absolute atomic E-state index is 11.4. The fraction of sp³-hybridized carbons (Fsp3) is 0.182. The molecular weight excluding hydrogens is 270 g/mol. The quantitative estimate of drug-likeness (QED) is 0.627. The maximum atomic E-state index is 11.4. The Morgan fingerprint density at radius 1 is 1.37 bits per heavy atom. The number of aromatic nitrogens is 2. The molecule has 0 unspecified atom stereocenters. The minimum atomic E-state index is -3.48. The van der Waals surface area contributed by atoms with Crippen LogP contribution in [0.4, 0.5) is 5.69 Å². The zero-order valence-electron chi connectivity index (χ0n) is 10.3. The first-order valence-electron chi connectivity index (χ1n) is 5.29. The molecule has 0 N–H and O–H groups in total. The van der Waals surface area contributed by atoms with Crippen molar-refractivity contribution in [1.29, 1.82) is 0 Å². The lowest BCUT2D eigenvalue weighted by atomic mass is 10.2. The first-order chi connectivity index (χ1) is 8.80. The number of sulfone groups is 1. The molecule has 2 aromatic rings. The Labute approximate surface area is 109 Å². The number of nitro groups is 1. The summed E-state index contributed by atoms with van der Waals surface area (Å²) in [6.45, 7) is 1.70. The molecule has 0 aliphatic carbocycles. The lowest BCUT2D eigenvalue weighted by Gasteiger charge is -2.07. The summed E-state index contributed by atoms with van der Waals surface area (Å²) in [4.78, 5) is 14.4. The molecule has 0 bridgehead atoms. The minimum absolute atomic E-state index is 0.0827. The van der Waals surface area contributed by atoms with Crippen molar-refractivity contribution in [3.63, 3.8) is 0 Å². The number of benzene rings is 1. The number of rotatable bonds is 3. The summed E-state index contributed by atoms with van der Waals surface area (Å²) >= 11 is 0. The molecule has 1 aromatic heterocycles. The van der Waals surface area contributed by atoms with Crippen LogP contribution in [0, 0.1) is 17.0 Å². The Balaban J connectivity index is 2.71. The Kier molecular flexibility index (Phi) is 3.11. The van der Waals surface area contributed by atoms with Crippen molar-refractivity contribution < 1.29 is 13.3 Å². The third kappa shape index (κ3) is 2.48. The van der Waals surface area contributed by atoms with Gasteiger partial charge in [0, 0.05) is 24.7 Å². The highest BCUT2D eigenvalue weighted by Crippen LogP contribution is 2.27. The molecule has 0 amide bonds. The zero-order valence-corrected chi connectivity index (χ0v) is 11.1. The molecular formula is C11H11N3O4S. The molecule has 1 heterocycles. The second-order valence-electron chi connectivity index (χ2n) is 4.02. The molecule has 0 spiro atoms. The van der Waals surface area contributed by atoms with Gasteiger partial charge in [0.1, 0.15) is 11.5 Å². The molecule has 0 saturated heterocycles. The van der Waals surface area contributed by atoms with Gasteiger partial charge in [0.25, 0.3) is 5.69 Å². The van der Waals surface area contributed by atoms with E-state index in [1.165, 1.54) is 22.9 Å². The second-order valence-corrected chi connectivity index (χ2v) is 6.04. The van der Waals surface area contributed by atoms with Crippen LogP contribution in [0.3, 0.4) is 0 Å². The minimum Gasteiger partial charge on any atom is -0.298 e. The summed E-state index contributed by atoms with van der Waals surface area (Å²) < 4.78 is 24.4. The van der Waals surface area contributed by atoms with Gasteiger partial charge in [0.2, 0.25) is 0 Å². The summed E-state index contributed by atoms with van der Waals surface area (Å²) in [6, 6.07) is 3.81. The first kappa shape index (κ1) is 13.2. The highest BCUT2D eigenvalue weighted by molar-refractivity contribution is 7.90. The summed E-state index contributed by atoms with van der Waals surface area (Å²) in [5.74, 6) is 0.579. The molecule has 0 atom stereocenters. The highest BCUT2D eigenvalue weighted by atomic mass is 32.2. The molecule has 2 rings (SSSR count). The van der Waals surface area contributed by atoms with Gasteiger partial charge >= 0.3 is 0 Å². The topological polar surface area (TPSA) is 95.1 Å². The fourth-order valence-corrected chi connectivity index (χ4v) is 2.36. The molecule has 0 fully saturated rings. The van der Waals surface area contributed by atoms with Crippen LogP contribution in [0.2, 0.25) is 0 Å². The SMILES string of the molecule is Cc1nccn1-c1ccc(S(C)(=O)=O)cc1[N+](=O)[O-]. The summed E-state index contributed by atoms with van der Waals surface area (Å²) in [5, 5.41) is 11.1. The number of imidazole rings is 1. The van der Waals surface area contributed by atoms with Crippen LogP contribution in [0.25, 0.3) is 5.69 Å². The van der Waals surface area contributed by atoms with Crippen LogP contribution in [-0.4, -0.2) is 29.1 Å². The van der Waals surface area contributed by atoms with Crippen LogP contribution in [-0.2, 0) is 9.84 Å². The van der Waals surface area contributed by atoms with Crippen molar-refractivity contribution in [3.8, 4) is 5.69 Å². The van der Waals surface area contributed by atoms with Crippen LogP contribution < -0.4 is 0 Å². The van der Waals surface area contributed by atoms with Gasteiger partial charge in [-0.3, -0.25) is 14.7 Å². The van der Waals surface area contributed by atoms with E-state index < -0.39 is 14.8 Å². The predicted molar refractivity (Wildman–Crippen MR) is 68.1 cm³/mol. The highest BCUT2D eigenvalue weighted by Gasteiger charge is 2.20. The zero-order chi connectivity index (χ0) is 14.2. The number of nitro benzene ring substituents is 1. The summed E-state index contributed by atoms with van der Waals surface area (Å²) in [5.41, 5.74) is 0.0106. The molecule has 8 heteroatoms. The fourth-order valence-electron chi connectivity index (χ4n) is 1.72. The van der Waals surface area contributed by atoms with E-state index in [2.05, 4.69) is 4.98 Å². The third-order valence-corrected chi connectivity index (χ3v) is 3.77. The van der Waals surface area contributed by atoms with Crippen molar-refractivity contribution in [3.05, 3.63) is 46.5 Å². The van der Waals surface area contributed by atoms with E-state index in [9.17, 15) is 18.5 Å². The van der Waals surface area contributed by atoms with Crippen LogP contribution in [0.1, 0.15) is 5.82 Å². The number of hydrogen-bond donors (Lipinski definition) is 0. The lowest BCUT2D eigenvalue weighted by molar-refractivity contribution is -0.384. The smallest absolute Gasteiger partial charge is 0.294 e. The number of aryl methyl sites for hydroxylation is 1. The molecule has 0 saturated carbocycles. The van der Waals surface area contributed by atoms with Gasteiger partial charge in [-0.25, -0.2) is 13.4 Å². The molecule has 7 nitrogen and oxygen atoms in total. The van der Waals surface area contributed by atoms with Gasteiger partial charge in [-0.15, -0.1) is 0 Å². The van der Waals surface area contributed by atoms with E-state index in [0.29, 0.717) is 5.82 Å². The van der Waals surface area contributed by atoms with Gasteiger partial charge in [-0.2, -0.15) is 0 Å². The van der Waals surface area contributed by atoms with Crippen molar-refractivity contribution in [2.24, 2.45) is 0 Å². The monoisotopic (exact) mass is 281 g/mol. The number of nitrogens with zero attached hydrogens (tertiary/aromatic N) is 3. The van der Waals surface area contributed by atoms with E-state index in [0.717, 1.165) is 12.3 Å². The largest absolute Gasteiger partial charge is 0.298 e. The first-order valence-corrected chi connectivity index (χ1v) is 7.18. The average molecular weight is 281 g/mol. The van der Waals surface area contributed by atoms with Crippen molar-refractivity contribution in [2.75, 3.05) is 6.26 Å². The maximum Gasteiger partial charge on any atom is 0.294 e. The molecule has 0 aliphatic rings. The Morgan fingerprint density at radius 2 is 2.05 bits per heavy atom. The van der Waals surface area contributed by atoms with E-state index >= 15 is 0 Å². The molecule has 1 aromatic carbocycles. The average Bonchev–Trinajstić information content (AvgIpc) is 2.73. The van der Waals surface area contributed by atoms with Gasteiger partial charge in [-0.1, -0.05) is 0 Å². The number of hydrogen-bond acceptors (Lipinski definition) is 5. The van der Waals surface area contributed by atoms with E-state index in [4.69, 9.17) is 0 Å². The van der Waals surface area contributed by atoms with E-state index in [-0.39, 0.29) is 16.3 Å². The normalized spacial score (nSPS) is 11.5. The van der Waals surface area contributed by atoms with Crippen molar-refractivity contribution >= 4 is 15.5 Å². The van der Waals surface area contributed by atoms with Gasteiger partial charge in [-0.05, 0) is 19.1 Å². The second kappa shape index (κ2) is 4.47. The predicted octanol–water partition coefficient (Wildman–Crippen LogP) is 1.49. The summed E-state index contributed by atoms with van der Waals surface area (Å²) in [7, 11) is -3.48. The van der Waals surface area contributed by atoms with E-state index in [1.807, 2.05) is 0 Å².